The van der Waals surface area contributed by atoms with Gasteiger partial charge in [0.05, 0.1) is 20.3 Å². The Balaban J connectivity index is 0.00000364. The second kappa shape index (κ2) is 13.2. The van der Waals surface area contributed by atoms with Crippen molar-refractivity contribution in [1.29, 1.82) is 0 Å². The number of ether oxygens (including phenoxy) is 2. The molecule has 0 saturated heterocycles. The van der Waals surface area contributed by atoms with Crippen molar-refractivity contribution < 1.29 is 9.47 Å². The van der Waals surface area contributed by atoms with Crippen molar-refractivity contribution in [2.24, 2.45) is 4.99 Å². The summed E-state index contributed by atoms with van der Waals surface area (Å²) in [6, 6.07) is 11.9. The Morgan fingerprint density at radius 3 is 2.59 bits per heavy atom. The molecule has 27 heavy (non-hydrogen) atoms. The SMILES string of the molecule is CCNC(=NCc1cccnc1OCC)NCCc1ccccc1OC.I. The van der Waals surface area contributed by atoms with Crippen molar-refractivity contribution in [3.05, 3.63) is 53.7 Å². The standard InChI is InChI=1S/C20H28N4O2.HI/c1-4-21-20(23-14-12-16-9-6-7-11-18(16)25-3)24-15-17-10-8-13-22-19(17)26-5-2;/h6-11,13H,4-5,12,14-15H2,1-3H3,(H2,21,23,24);1H. The summed E-state index contributed by atoms with van der Waals surface area (Å²) in [5, 5.41) is 6.63. The number of nitrogens with zero attached hydrogens (tertiary/aromatic N) is 2. The highest BCUT2D eigenvalue weighted by atomic mass is 127. The molecule has 1 heterocycles. The maximum absolute atomic E-state index is 5.56. The molecule has 0 amide bonds. The van der Waals surface area contributed by atoms with Gasteiger partial charge in [-0.1, -0.05) is 24.3 Å². The van der Waals surface area contributed by atoms with Crippen LogP contribution in [0.15, 0.2) is 47.6 Å². The third kappa shape index (κ3) is 7.62. The average Bonchev–Trinajstić information content (AvgIpc) is 2.67. The summed E-state index contributed by atoms with van der Waals surface area (Å²) in [6.07, 6.45) is 2.58. The van der Waals surface area contributed by atoms with Crippen LogP contribution in [0, 0.1) is 0 Å². The Morgan fingerprint density at radius 2 is 1.85 bits per heavy atom. The molecule has 0 saturated carbocycles. The molecule has 0 fully saturated rings. The highest BCUT2D eigenvalue weighted by Crippen LogP contribution is 2.17. The number of benzene rings is 1. The quantitative estimate of drug-likeness (QED) is 0.325. The molecule has 148 valence electrons. The lowest BCUT2D eigenvalue weighted by Gasteiger charge is -2.13. The number of pyridine rings is 1. The van der Waals surface area contributed by atoms with E-state index < -0.39 is 0 Å². The van der Waals surface area contributed by atoms with Crippen molar-refractivity contribution in [2.45, 2.75) is 26.8 Å². The lowest BCUT2D eigenvalue weighted by atomic mass is 10.1. The Kier molecular flexibility index (Phi) is 11.2. The van der Waals surface area contributed by atoms with Crippen LogP contribution in [0.4, 0.5) is 0 Å². The van der Waals surface area contributed by atoms with Crippen LogP contribution in [-0.4, -0.2) is 37.7 Å². The zero-order valence-corrected chi connectivity index (χ0v) is 18.5. The van der Waals surface area contributed by atoms with Gasteiger partial charge >= 0.3 is 0 Å². The van der Waals surface area contributed by atoms with E-state index in [2.05, 4.69) is 26.7 Å². The second-order valence-corrected chi connectivity index (χ2v) is 5.58. The fourth-order valence-corrected chi connectivity index (χ4v) is 2.54. The Labute approximate surface area is 178 Å². The first kappa shape index (κ1) is 23.0. The number of hydrogen-bond donors (Lipinski definition) is 2. The van der Waals surface area contributed by atoms with Gasteiger partial charge in [-0.25, -0.2) is 9.98 Å². The normalized spacial score (nSPS) is 10.7. The summed E-state index contributed by atoms with van der Waals surface area (Å²) >= 11 is 0. The average molecular weight is 484 g/mol. The molecule has 1 aromatic carbocycles. The van der Waals surface area contributed by atoms with Crippen LogP contribution >= 0.6 is 24.0 Å². The Hall–Kier alpha value is -2.03. The highest BCUT2D eigenvalue weighted by Gasteiger charge is 2.05. The van der Waals surface area contributed by atoms with Gasteiger partial charge in [-0.2, -0.15) is 0 Å². The van der Waals surface area contributed by atoms with E-state index in [0.29, 0.717) is 19.0 Å². The molecule has 2 N–H and O–H groups in total. The minimum absolute atomic E-state index is 0. The van der Waals surface area contributed by atoms with E-state index in [1.54, 1.807) is 13.3 Å². The third-order valence-electron chi connectivity index (χ3n) is 3.76. The van der Waals surface area contributed by atoms with E-state index in [9.17, 15) is 0 Å². The predicted octanol–water partition coefficient (Wildman–Crippen LogP) is 3.40. The lowest BCUT2D eigenvalue weighted by molar-refractivity contribution is 0.323. The molecular formula is C20H29IN4O2. The number of nitrogens with one attached hydrogen (secondary N) is 2. The number of methoxy groups -OCH3 is 1. The fraction of sp³-hybridized carbons (Fsp3) is 0.400. The minimum atomic E-state index is 0. The largest absolute Gasteiger partial charge is 0.496 e. The van der Waals surface area contributed by atoms with Crippen LogP contribution in [0.1, 0.15) is 25.0 Å². The molecule has 0 bridgehead atoms. The maximum Gasteiger partial charge on any atom is 0.218 e. The minimum Gasteiger partial charge on any atom is -0.496 e. The first-order chi connectivity index (χ1) is 12.8. The van der Waals surface area contributed by atoms with E-state index in [1.165, 1.54) is 5.56 Å². The number of guanidine groups is 1. The van der Waals surface area contributed by atoms with Gasteiger partial charge < -0.3 is 20.1 Å². The Morgan fingerprint density at radius 1 is 1.07 bits per heavy atom. The summed E-state index contributed by atoms with van der Waals surface area (Å²) < 4.78 is 11.0. The molecule has 1 aromatic heterocycles. The van der Waals surface area contributed by atoms with E-state index in [4.69, 9.17) is 9.47 Å². The lowest BCUT2D eigenvalue weighted by Crippen LogP contribution is -2.38. The number of rotatable bonds is 9. The van der Waals surface area contributed by atoms with E-state index in [1.807, 2.05) is 44.2 Å². The smallest absolute Gasteiger partial charge is 0.218 e. The van der Waals surface area contributed by atoms with Crippen LogP contribution < -0.4 is 20.1 Å². The van der Waals surface area contributed by atoms with Gasteiger partial charge in [0.2, 0.25) is 5.88 Å². The third-order valence-corrected chi connectivity index (χ3v) is 3.76. The van der Waals surface area contributed by atoms with Crippen LogP contribution in [0.5, 0.6) is 11.6 Å². The van der Waals surface area contributed by atoms with Crippen molar-refractivity contribution in [1.82, 2.24) is 15.6 Å². The van der Waals surface area contributed by atoms with E-state index in [-0.39, 0.29) is 24.0 Å². The van der Waals surface area contributed by atoms with Gasteiger partial charge in [-0.05, 0) is 38.0 Å². The first-order valence-corrected chi connectivity index (χ1v) is 8.99. The second-order valence-electron chi connectivity index (χ2n) is 5.58. The number of aromatic nitrogens is 1. The summed E-state index contributed by atoms with van der Waals surface area (Å²) in [4.78, 5) is 8.91. The van der Waals surface area contributed by atoms with Crippen LogP contribution in [0.3, 0.4) is 0 Å². The van der Waals surface area contributed by atoms with Crippen LogP contribution in [-0.2, 0) is 13.0 Å². The number of halogens is 1. The molecule has 0 radical (unpaired) electrons. The zero-order valence-electron chi connectivity index (χ0n) is 16.2. The topological polar surface area (TPSA) is 67.8 Å². The molecule has 0 atom stereocenters. The predicted molar refractivity (Wildman–Crippen MR) is 120 cm³/mol. The highest BCUT2D eigenvalue weighted by molar-refractivity contribution is 14.0. The molecule has 7 heteroatoms. The number of hydrogen-bond acceptors (Lipinski definition) is 4. The molecule has 2 aromatic rings. The van der Waals surface area contributed by atoms with Crippen molar-refractivity contribution in [3.8, 4) is 11.6 Å². The number of para-hydroxylation sites is 1. The zero-order chi connectivity index (χ0) is 18.6. The molecule has 2 rings (SSSR count). The number of aliphatic imine (C=N–C) groups is 1. The van der Waals surface area contributed by atoms with Crippen LogP contribution in [0.25, 0.3) is 0 Å². The van der Waals surface area contributed by atoms with Crippen molar-refractivity contribution in [2.75, 3.05) is 26.8 Å². The molecule has 6 nitrogen and oxygen atoms in total. The van der Waals surface area contributed by atoms with Gasteiger partial charge in [-0.15, -0.1) is 24.0 Å². The molecule has 0 aliphatic heterocycles. The van der Waals surface area contributed by atoms with Gasteiger partial charge in [0, 0.05) is 24.8 Å². The van der Waals surface area contributed by atoms with Gasteiger partial charge in [0.15, 0.2) is 5.96 Å². The summed E-state index contributed by atoms with van der Waals surface area (Å²) in [7, 11) is 1.70. The Bertz CT molecular complexity index is 710. The summed E-state index contributed by atoms with van der Waals surface area (Å²) in [5.41, 5.74) is 2.14. The fourth-order valence-electron chi connectivity index (χ4n) is 2.54. The molecule has 0 spiro atoms. The maximum atomic E-state index is 5.56. The van der Waals surface area contributed by atoms with Gasteiger partial charge in [-0.3, -0.25) is 0 Å². The summed E-state index contributed by atoms with van der Waals surface area (Å²) in [6.45, 7) is 6.65. The monoisotopic (exact) mass is 484 g/mol. The van der Waals surface area contributed by atoms with Crippen molar-refractivity contribution >= 4 is 29.9 Å². The molecule has 0 unspecified atom stereocenters. The molecular weight excluding hydrogens is 455 g/mol. The molecule has 0 aliphatic rings. The van der Waals surface area contributed by atoms with Gasteiger partial charge in [0.1, 0.15) is 5.75 Å². The van der Waals surface area contributed by atoms with E-state index in [0.717, 1.165) is 36.8 Å². The van der Waals surface area contributed by atoms with Crippen LogP contribution in [0.2, 0.25) is 0 Å². The van der Waals surface area contributed by atoms with E-state index >= 15 is 0 Å². The summed E-state index contributed by atoms with van der Waals surface area (Å²) in [5.74, 6) is 2.32. The molecule has 0 aliphatic carbocycles. The van der Waals surface area contributed by atoms with Crippen molar-refractivity contribution in [3.63, 3.8) is 0 Å². The van der Waals surface area contributed by atoms with Gasteiger partial charge in [0.25, 0.3) is 0 Å². The first-order valence-electron chi connectivity index (χ1n) is 8.99.